The van der Waals surface area contributed by atoms with Gasteiger partial charge in [-0.15, -0.1) is 0 Å². The Morgan fingerprint density at radius 1 is 1.11 bits per heavy atom. The molecule has 1 N–H and O–H groups in total. The molecule has 2 aliphatic heterocycles. The number of hydrogen-bond donors (Lipinski definition) is 1. The lowest BCUT2D eigenvalue weighted by atomic mass is 9.79. The van der Waals surface area contributed by atoms with Gasteiger partial charge in [0.05, 0.1) is 23.3 Å². The molecular formula is C22H30N2O4. The molecule has 0 saturated carbocycles. The van der Waals surface area contributed by atoms with Gasteiger partial charge in [0.25, 0.3) is 11.8 Å². The van der Waals surface area contributed by atoms with E-state index >= 15 is 0 Å². The number of fused-ring (bicyclic) bond motifs is 1. The van der Waals surface area contributed by atoms with Crippen molar-refractivity contribution in [2.45, 2.75) is 77.4 Å². The summed E-state index contributed by atoms with van der Waals surface area (Å²) in [7, 11) is 0. The first-order valence-electron chi connectivity index (χ1n) is 10.0. The van der Waals surface area contributed by atoms with Crippen LogP contribution in [0.1, 0.15) is 91.4 Å². The Morgan fingerprint density at radius 3 is 2.32 bits per heavy atom. The molecule has 3 rings (SSSR count). The van der Waals surface area contributed by atoms with Crippen molar-refractivity contribution in [3.8, 4) is 0 Å². The summed E-state index contributed by atoms with van der Waals surface area (Å²) in [6.45, 7) is 10.7. The molecule has 0 spiro atoms. The number of rotatable bonds is 5. The second-order valence-corrected chi connectivity index (χ2v) is 9.18. The van der Waals surface area contributed by atoms with Crippen molar-refractivity contribution in [1.29, 1.82) is 0 Å². The number of amides is 2. The van der Waals surface area contributed by atoms with Gasteiger partial charge in [-0.25, -0.2) is 4.79 Å². The van der Waals surface area contributed by atoms with Crippen LogP contribution in [-0.4, -0.2) is 46.4 Å². The van der Waals surface area contributed by atoms with Crippen LogP contribution in [0.15, 0.2) is 18.2 Å². The van der Waals surface area contributed by atoms with Crippen molar-refractivity contribution >= 4 is 17.8 Å². The van der Waals surface area contributed by atoms with Crippen molar-refractivity contribution < 1.29 is 19.1 Å². The van der Waals surface area contributed by atoms with Crippen LogP contribution in [0.25, 0.3) is 0 Å². The van der Waals surface area contributed by atoms with Gasteiger partial charge in [0, 0.05) is 17.1 Å². The molecule has 0 radical (unpaired) electrons. The van der Waals surface area contributed by atoms with E-state index in [2.05, 4.69) is 33.0 Å². The minimum Gasteiger partial charge on any atom is -0.462 e. The Morgan fingerprint density at radius 2 is 1.71 bits per heavy atom. The van der Waals surface area contributed by atoms with Gasteiger partial charge in [0.15, 0.2) is 0 Å². The number of ether oxygens (including phenoxy) is 1. The zero-order valence-electron chi connectivity index (χ0n) is 17.4. The third-order valence-corrected chi connectivity index (χ3v) is 5.42. The summed E-state index contributed by atoms with van der Waals surface area (Å²) < 4.78 is 5.23. The van der Waals surface area contributed by atoms with Crippen molar-refractivity contribution in [2.24, 2.45) is 0 Å². The summed E-state index contributed by atoms with van der Waals surface area (Å²) in [6, 6.07) is 4.46. The number of piperidine rings is 1. The Labute approximate surface area is 166 Å². The quantitative estimate of drug-likeness (QED) is 0.476. The minimum absolute atomic E-state index is 0.182. The number of esters is 1. The number of hydrogen-bond acceptors (Lipinski definition) is 5. The maximum Gasteiger partial charge on any atom is 0.338 e. The summed E-state index contributed by atoms with van der Waals surface area (Å²) >= 11 is 0. The molecule has 0 atom stereocenters. The lowest BCUT2D eigenvalue weighted by Gasteiger charge is -2.48. The van der Waals surface area contributed by atoms with Crippen LogP contribution in [-0.2, 0) is 4.74 Å². The fraction of sp³-hybridized carbons (Fsp3) is 0.591. The summed E-state index contributed by atoms with van der Waals surface area (Å²) in [5.41, 5.74) is 0.601. The smallest absolute Gasteiger partial charge is 0.338 e. The fourth-order valence-corrected chi connectivity index (χ4v) is 4.56. The standard InChI is InChI=1S/C22H30N2O4/c1-6-7-10-28-20(27)14-8-9-16-17(11-14)19(26)24(18(16)25)15-12-21(2,3)23-22(4,5)13-15/h8-9,11,15,23H,6-7,10,12-13H2,1-5H3. The van der Waals surface area contributed by atoms with Gasteiger partial charge in [0.2, 0.25) is 0 Å². The highest BCUT2D eigenvalue weighted by Crippen LogP contribution is 2.36. The largest absolute Gasteiger partial charge is 0.462 e. The van der Waals surface area contributed by atoms with Crippen LogP contribution in [0.4, 0.5) is 0 Å². The first-order chi connectivity index (χ1) is 13.0. The molecule has 6 nitrogen and oxygen atoms in total. The highest BCUT2D eigenvalue weighted by atomic mass is 16.5. The molecule has 2 amide bonds. The highest BCUT2D eigenvalue weighted by Gasteiger charge is 2.47. The van der Waals surface area contributed by atoms with Crippen LogP contribution in [0, 0.1) is 0 Å². The lowest BCUT2D eigenvalue weighted by Crippen LogP contribution is -2.62. The van der Waals surface area contributed by atoms with Crippen molar-refractivity contribution in [3.63, 3.8) is 0 Å². The maximum absolute atomic E-state index is 13.1. The van der Waals surface area contributed by atoms with Crippen LogP contribution in [0.5, 0.6) is 0 Å². The molecule has 28 heavy (non-hydrogen) atoms. The molecule has 2 heterocycles. The number of carbonyl (C=O) groups excluding carboxylic acids is 3. The van der Waals surface area contributed by atoms with Crippen LogP contribution < -0.4 is 5.32 Å². The predicted octanol–water partition coefficient (Wildman–Crippen LogP) is 3.55. The molecule has 152 valence electrons. The molecule has 0 aliphatic carbocycles. The normalized spacial score (nSPS) is 21.0. The van der Waals surface area contributed by atoms with E-state index < -0.39 is 5.97 Å². The second kappa shape index (κ2) is 7.32. The number of nitrogens with one attached hydrogen (secondary N) is 1. The van der Waals surface area contributed by atoms with Gasteiger partial charge in [-0.2, -0.15) is 0 Å². The number of imide groups is 1. The first-order valence-corrected chi connectivity index (χ1v) is 10.0. The molecule has 1 fully saturated rings. The van der Waals surface area contributed by atoms with Crippen molar-refractivity contribution in [1.82, 2.24) is 10.2 Å². The third kappa shape index (κ3) is 3.97. The molecule has 1 aromatic carbocycles. The van der Waals surface area contributed by atoms with E-state index in [0.29, 0.717) is 36.1 Å². The van der Waals surface area contributed by atoms with Gasteiger partial charge in [-0.05, 0) is 65.2 Å². The lowest BCUT2D eigenvalue weighted by molar-refractivity contribution is 0.0411. The van der Waals surface area contributed by atoms with Gasteiger partial charge in [-0.1, -0.05) is 13.3 Å². The summed E-state index contributed by atoms with van der Waals surface area (Å²) in [4.78, 5) is 39.7. The third-order valence-electron chi connectivity index (χ3n) is 5.42. The molecule has 1 aromatic rings. The zero-order valence-corrected chi connectivity index (χ0v) is 17.4. The van der Waals surface area contributed by atoms with Gasteiger partial charge >= 0.3 is 5.97 Å². The highest BCUT2D eigenvalue weighted by molar-refractivity contribution is 6.22. The topological polar surface area (TPSA) is 75.7 Å². The summed E-state index contributed by atoms with van der Waals surface area (Å²) in [5.74, 6) is -1.05. The number of benzene rings is 1. The van der Waals surface area contributed by atoms with E-state index in [4.69, 9.17) is 4.74 Å². The van der Waals surface area contributed by atoms with E-state index in [1.54, 1.807) is 12.1 Å². The fourth-order valence-electron chi connectivity index (χ4n) is 4.56. The van der Waals surface area contributed by atoms with Crippen molar-refractivity contribution in [2.75, 3.05) is 6.61 Å². The molecule has 0 unspecified atom stereocenters. The monoisotopic (exact) mass is 386 g/mol. The van der Waals surface area contributed by atoms with Gasteiger partial charge < -0.3 is 10.1 Å². The predicted molar refractivity (Wildman–Crippen MR) is 106 cm³/mol. The molecular weight excluding hydrogens is 356 g/mol. The van der Waals surface area contributed by atoms with Crippen molar-refractivity contribution in [3.05, 3.63) is 34.9 Å². The average Bonchev–Trinajstić information content (AvgIpc) is 2.83. The second-order valence-electron chi connectivity index (χ2n) is 9.18. The molecule has 6 heteroatoms. The number of carbonyl (C=O) groups is 3. The number of unbranched alkanes of at least 4 members (excludes halogenated alkanes) is 1. The van der Waals surface area contributed by atoms with E-state index in [9.17, 15) is 14.4 Å². The molecule has 2 aliphatic rings. The Kier molecular flexibility index (Phi) is 5.36. The van der Waals surface area contributed by atoms with Gasteiger partial charge in [0.1, 0.15) is 0 Å². The zero-order chi connectivity index (χ0) is 20.7. The van der Waals surface area contributed by atoms with Crippen LogP contribution >= 0.6 is 0 Å². The van der Waals surface area contributed by atoms with E-state index in [-0.39, 0.29) is 28.9 Å². The van der Waals surface area contributed by atoms with E-state index in [0.717, 1.165) is 12.8 Å². The van der Waals surface area contributed by atoms with Gasteiger partial charge in [-0.3, -0.25) is 14.5 Å². The minimum atomic E-state index is -0.459. The Bertz CT molecular complexity index is 797. The Balaban J connectivity index is 1.84. The van der Waals surface area contributed by atoms with E-state index in [1.165, 1.54) is 11.0 Å². The molecule has 0 aromatic heterocycles. The molecule has 1 saturated heterocycles. The SMILES string of the molecule is CCCCOC(=O)c1ccc2c(c1)C(=O)N(C1CC(C)(C)NC(C)(C)C1)C2=O. The van der Waals surface area contributed by atoms with Crippen LogP contribution in [0.2, 0.25) is 0 Å². The maximum atomic E-state index is 13.1. The first kappa shape index (κ1) is 20.5. The van der Waals surface area contributed by atoms with E-state index in [1.807, 2.05) is 6.92 Å². The summed E-state index contributed by atoms with van der Waals surface area (Å²) in [5, 5.41) is 3.57. The Hall–Kier alpha value is -2.21. The summed E-state index contributed by atoms with van der Waals surface area (Å²) in [6.07, 6.45) is 3.10. The molecule has 0 bridgehead atoms. The average molecular weight is 386 g/mol. The van der Waals surface area contributed by atoms with Crippen LogP contribution in [0.3, 0.4) is 0 Å². The number of nitrogens with zero attached hydrogens (tertiary/aromatic N) is 1.